The highest BCUT2D eigenvalue weighted by Crippen LogP contribution is 2.51. The maximum Gasteiger partial charge on any atom is 0.302 e. The lowest BCUT2D eigenvalue weighted by atomic mass is 9.66. The van der Waals surface area contributed by atoms with Crippen molar-refractivity contribution < 1.29 is 33.8 Å². The van der Waals surface area contributed by atoms with Crippen molar-refractivity contribution in [1.29, 1.82) is 0 Å². The molecule has 0 spiro atoms. The smallest absolute Gasteiger partial charge is 0.302 e. The molecule has 7 nitrogen and oxygen atoms in total. The van der Waals surface area contributed by atoms with Crippen LogP contribution in [-0.2, 0) is 28.7 Å². The third-order valence-electron chi connectivity index (χ3n) is 9.55. The normalized spacial score (nSPS) is 24.9. The molecule has 1 fully saturated rings. The first-order valence-corrected chi connectivity index (χ1v) is 17.4. The Morgan fingerprint density at radius 2 is 1.37 bits per heavy atom. The molecule has 2 aliphatic carbocycles. The number of rotatable bonds is 13. The molecule has 0 aromatic rings. The van der Waals surface area contributed by atoms with Crippen molar-refractivity contribution >= 4 is 23.5 Å². The van der Waals surface area contributed by atoms with Gasteiger partial charge in [0.15, 0.2) is 5.78 Å². The molecular weight excluding hydrogens is 640 g/mol. The fourth-order valence-corrected chi connectivity index (χ4v) is 6.36. The number of esters is 2. The fraction of sp³-hybridized carbons (Fsp3) is 0.455. The van der Waals surface area contributed by atoms with Crippen LogP contribution in [0.4, 0.5) is 0 Å². The Morgan fingerprint density at radius 3 is 1.92 bits per heavy atom. The lowest BCUT2D eigenvalue weighted by Gasteiger charge is -2.36. The molecule has 274 valence electrons. The number of ketones is 2. The van der Waals surface area contributed by atoms with E-state index in [1.165, 1.54) is 19.9 Å². The van der Waals surface area contributed by atoms with Crippen LogP contribution in [0.3, 0.4) is 0 Å². The molecule has 7 heteroatoms. The molecule has 1 N–H and O–H groups in total. The summed E-state index contributed by atoms with van der Waals surface area (Å²) in [6.07, 6.45) is 24.2. The molecule has 0 saturated heterocycles. The standard InChI is InChI=1S/C44H56O7/c1-31(17-13-18-33(3)21-24-41(49)44(10)27-38(48)26-43(44,9)30-45)15-11-12-16-32(2)19-14-20-37(29-50-35(5)46)22-23-40-34(4)25-39(51-36(6)47)28-42(40,7)8/h11-21,24,39,45H,25-30H2,1-10H3. The summed E-state index contributed by atoms with van der Waals surface area (Å²) in [5, 5.41) is 9.86. The molecule has 3 atom stereocenters. The van der Waals surface area contributed by atoms with Crippen molar-refractivity contribution in [3.63, 3.8) is 0 Å². The third kappa shape index (κ3) is 13.3. The fourth-order valence-electron chi connectivity index (χ4n) is 6.36. The zero-order valence-corrected chi connectivity index (χ0v) is 32.1. The first-order valence-electron chi connectivity index (χ1n) is 17.4. The van der Waals surface area contributed by atoms with Crippen LogP contribution in [0.5, 0.6) is 0 Å². The van der Waals surface area contributed by atoms with E-state index in [0.717, 1.165) is 27.9 Å². The SMILES string of the molecule is CC(=O)OCC(C#CC1=C(C)CC(OC(C)=O)CC1(C)C)=CC=CC(C)=CC=CC=C(C)C=CC=C(C)C=CC(=O)C1(C)CC(=O)CC1(C)CO. The van der Waals surface area contributed by atoms with Crippen LogP contribution in [0, 0.1) is 28.1 Å². The largest absolute Gasteiger partial charge is 0.462 e. The summed E-state index contributed by atoms with van der Waals surface area (Å²) in [5.74, 6) is 5.74. The van der Waals surface area contributed by atoms with Gasteiger partial charge in [-0.2, -0.15) is 0 Å². The van der Waals surface area contributed by atoms with Crippen LogP contribution in [0.2, 0.25) is 0 Å². The predicted octanol–water partition coefficient (Wildman–Crippen LogP) is 8.55. The van der Waals surface area contributed by atoms with E-state index in [2.05, 4.69) is 25.7 Å². The Hall–Kier alpha value is -4.54. The molecule has 0 aliphatic heterocycles. The van der Waals surface area contributed by atoms with E-state index >= 15 is 0 Å². The highest BCUT2D eigenvalue weighted by atomic mass is 16.5. The molecule has 0 aromatic heterocycles. The van der Waals surface area contributed by atoms with E-state index in [-0.39, 0.29) is 61.1 Å². The number of allylic oxidation sites excluding steroid dienone is 16. The lowest BCUT2D eigenvalue weighted by Crippen LogP contribution is -2.41. The van der Waals surface area contributed by atoms with Crippen molar-refractivity contribution in [2.45, 2.75) is 101 Å². The van der Waals surface area contributed by atoms with E-state index < -0.39 is 10.8 Å². The molecule has 51 heavy (non-hydrogen) atoms. The Bertz CT molecular complexity index is 1690. The monoisotopic (exact) mass is 696 g/mol. The molecule has 0 radical (unpaired) electrons. The van der Waals surface area contributed by atoms with Crippen molar-refractivity contribution in [3.8, 4) is 11.8 Å². The average molecular weight is 697 g/mol. The van der Waals surface area contributed by atoms with Crippen LogP contribution in [0.15, 0.2) is 106 Å². The number of aliphatic hydroxyl groups excluding tert-OH is 1. The van der Waals surface area contributed by atoms with E-state index in [1.54, 1.807) is 19.9 Å². The van der Waals surface area contributed by atoms with E-state index in [1.807, 2.05) is 88.5 Å². The number of hydrogen-bond donors (Lipinski definition) is 1. The van der Waals surface area contributed by atoms with Gasteiger partial charge in [-0.25, -0.2) is 0 Å². The maximum absolute atomic E-state index is 13.0. The van der Waals surface area contributed by atoms with Crippen LogP contribution < -0.4 is 0 Å². The topological polar surface area (TPSA) is 107 Å². The van der Waals surface area contributed by atoms with Crippen molar-refractivity contribution in [2.75, 3.05) is 13.2 Å². The number of hydrogen-bond acceptors (Lipinski definition) is 7. The van der Waals surface area contributed by atoms with Crippen LogP contribution in [0.25, 0.3) is 0 Å². The molecule has 0 amide bonds. The highest BCUT2D eigenvalue weighted by Gasteiger charge is 2.55. The number of carbonyl (C=O) groups excluding carboxylic acids is 4. The number of ether oxygens (including phenoxy) is 2. The molecule has 2 rings (SSSR count). The summed E-state index contributed by atoms with van der Waals surface area (Å²) in [7, 11) is 0. The lowest BCUT2D eigenvalue weighted by molar-refractivity contribution is -0.147. The Kier molecular flexibility index (Phi) is 16.0. The van der Waals surface area contributed by atoms with Crippen LogP contribution in [-0.4, -0.2) is 47.9 Å². The molecule has 0 bridgehead atoms. The predicted molar refractivity (Wildman–Crippen MR) is 204 cm³/mol. The summed E-state index contributed by atoms with van der Waals surface area (Å²) in [6, 6.07) is 0. The summed E-state index contributed by atoms with van der Waals surface area (Å²) in [4.78, 5) is 48.1. The van der Waals surface area contributed by atoms with Gasteiger partial charge in [-0.15, -0.1) is 0 Å². The number of aliphatic hydroxyl groups is 1. The highest BCUT2D eigenvalue weighted by molar-refractivity contribution is 6.01. The van der Waals surface area contributed by atoms with E-state index in [9.17, 15) is 24.3 Å². The molecule has 0 aromatic carbocycles. The van der Waals surface area contributed by atoms with Gasteiger partial charge in [-0.3, -0.25) is 19.2 Å². The Balaban J connectivity index is 2.05. The van der Waals surface area contributed by atoms with Gasteiger partial charge in [-0.05, 0) is 46.3 Å². The van der Waals surface area contributed by atoms with Gasteiger partial charge >= 0.3 is 11.9 Å². The minimum absolute atomic E-state index is 0.0109. The van der Waals surface area contributed by atoms with E-state index in [0.29, 0.717) is 18.4 Å². The van der Waals surface area contributed by atoms with Crippen molar-refractivity contribution in [2.24, 2.45) is 16.2 Å². The third-order valence-corrected chi connectivity index (χ3v) is 9.55. The first-order chi connectivity index (χ1) is 23.8. The van der Waals surface area contributed by atoms with Gasteiger partial charge in [0.1, 0.15) is 18.5 Å². The van der Waals surface area contributed by atoms with Gasteiger partial charge in [0.05, 0.1) is 0 Å². The minimum atomic E-state index is -0.899. The minimum Gasteiger partial charge on any atom is -0.462 e. The quantitative estimate of drug-likeness (QED) is 0.0890. The molecule has 2 aliphatic rings. The van der Waals surface area contributed by atoms with Gasteiger partial charge in [-0.1, -0.05) is 123 Å². The van der Waals surface area contributed by atoms with Gasteiger partial charge in [0.2, 0.25) is 0 Å². The second kappa shape index (κ2) is 19.2. The Labute approximate surface area is 305 Å². The van der Waals surface area contributed by atoms with Crippen LogP contribution in [0.1, 0.15) is 94.9 Å². The zero-order valence-electron chi connectivity index (χ0n) is 32.1. The summed E-state index contributed by atoms with van der Waals surface area (Å²) in [6.45, 7) is 18.4. The summed E-state index contributed by atoms with van der Waals surface area (Å²) in [5.41, 5.74) is 3.82. The zero-order chi connectivity index (χ0) is 38.4. The van der Waals surface area contributed by atoms with Crippen LogP contribution >= 0.6 is 0 Å². The number of carbonyl (C=O) groups is 4. The molecule has 0 heterocycles. The average Bonchev–Trinajstić information content (AvgIpc) is 3.27. The molecular formula is C44H56O7. The Morgan fingerprint density at radius 1 is 0.804 bits per heavy atom. The second-order valence-electron chi connectivity index (χ2n) is 14.9. The van der Waals surface area contributed by atoms with E-state index in [4.69, 9.17) is 9.47 Å². The maximum atomic E-state index is 13.0. The van der Waals surface area contributed by atoms with Gasteiger partial charge in [0, 0.05) is 67.1 Å². The van der Waals surface area contributed by atoms with Crippen molar-refractivity contribution in [3.05, 3.63) is 106 Å². The number of Topliss-reactive ketones (excluding diaryl/α,β-unsaturated/α-hetero) is 1. The summed E-state index contributed by atoms with van der Waals surface area (Å²) < 4.78 is 10.7. The van der Waals surface area contributed by atoms with Crippen molar-refractivity contribution in [1.82, 2.24) is 0 Å². The summed E-state index contributed by atoms with van der Waals surface area (Å²) >= 11 is 0. The molecule has 1 saturated carbocycles. The molecule has 3 unspecified atom stereocenters. The second-order valence-corrected chi connectivity index (χ2v) is 14.9. The van der Waals surface area contributed by atoms with Gasteiger partial charge in [0.25, 0.3) is 0 Å². The van der Waals surface area contributed by atoms with Gasteiger partial charge < -0.3 is 14.6 Å². The first kappa shape index (κ1) is 42.6.